The van der Waals surface area contributed by atoms with Gasteiger partial charge in [0, 0.05) is 32.3 Å². The molecule has 27 heavy (non-hydrogen) atoms. The third-order valence-corrected chi connectivity index (χ3v) is 6.49. The Kier molecular flexibility index (Phi) is 4.75. The summed E-state index contributed by atoms with van der Waals surface area (Å²) in [4.78, 5) is 18.8. The van der Waals surface area contributed by atoms with E-state index in [9.17, 15) is 9.90 Å². The van der Waals surface area contributed by atoms with E-state index in [1.165, 1.54) is 11.9 Å². The number of rotatable bonds is 4. The van der Waals surface area contributed by atoms with E-state index in [2.05, 4.69) is 22.1 Å². The summed E-state index contributed by atoms with van der Waals surface area (Å²) in [5.41, 5.74) is 3.33. The van der Waals surface area contributed by atoms with Gasteiger partial charge in [-0.2, -0.15) is 10.2 Å². The highest BCUT2D eigenvalue weighted by Crippen LogP contribution is 2.41. The number of amides is 1. The van der Waals surface area contributed by atoms with Crippen LogP contribution in [0.15, 0.2) is 12.7 Å². The van der Waals surface area contributed by atoms with Crippen molar-refractivity contribution in [2.45, 2.75) is 51.7 Å². The number of aliphatic hydroxyl groups is 1. The van der Waals surface area contributed by atoms with Gasteiger partial charge < -0.3 is 10.0 Å². The van der Waals surface area contributed by atoms with Gasteiger partial charge in [0.15, 0.2) is 0 Å². The number of likely N-dealkylation sites (tertiary alicyclic amines) is 1. The molecule has 3 heterocycles. The lowest BCUT2D eigenvalue weighted by Crippen LogP contribution is -2.36. The topological polar surface area (TPSA) is 89.1 Å². The quantitative estimate of drug-likeness (QED) is 0.866. The molecule has 1 amide bonds. The van der Waals surface area contributed by atoms with E-state index in [0.29, 0.717) is 18.3 Å². The fourth-order valence-electron chi connectivity index (χ4n) is 4.85. The molecule has 2 aromatic heterocycles. The molecule has 0 aromatic carbocycles. The van der Waals surface area contributed by atoms with Crippen LogP contribution in [0.25, 0.3) is 0 Å². The predicted molar refractivity (Wildman–Crippen MR) is 98.9 cm³/mol. The van der Waals surface area contributed by atoms with E-state index in [4.69, 9.17) is 0 Å². The average Bonchev–Trinajstić information content (AvgIpc) is 3.34. The van der Waals surface area contributed by atoms with Crippen LogP contribution in [-0.4, -0.2) is 59.7 Å². The number of aryl methyl sites for hydroxylation is 2. The number of hydrogen-bond donors (Lipinski definition) is 1. The predicted octanol–water partition coefficient (Wildman–Crippen LogP) is 1.03. The minimum Gasteiger partial charge on any atom is -0.391 e. The first-order chi connectivity index (χ1) is 12.9. The summed E-state index contributed by atoms with van der Waals surface area (Å²) in [6, 6.07) is -0.0375. The van der Waals surface area contributed by atoms with Crippen LogP contribution in [0.2, 0.25) is 0 Å². The van der Waals surface area contributed by atoms with Gasteiger partial charge in [-0.1, -0.05) is 0 Å². The van der Waals surface area contributed by atoms with Crippen LogP contribution < -0.4 is 0 Å². The zero-order chi connectivity index (χ0) is 19.1. The lowest BCUT2D eigenvalue weighted by Gasteiger charge is -2.34. The van der Waals surface area contributed by atoms with Gasteiger partial charge in [-0.25, -0.2) is 9.67 Å². The Hall–Kier alpha value is -2.22. The second-order valence-electron chi connectivity index (χ2n) is 8.07. The van der Waals surface area contributed by atoms with Gasteiger partial charge in [-0.05, 0) is 50.5 Å². The molecule has 0 bridgehead atoms. The summed E-state index contributed by atoms with van der Waals surface area (Å²) in [6.07, 6.45) is 5.57. The number of carbonyl (C=O) groups excluding carboxylic acids is 1. The molecule has 146 valence electrons. The lowest BCUT2D eigenvalue weighted by atomic mass is 9.77. The van der Waals surface area contributed by atoms with Crippen molar-refractivity contribution in [3.63, 3.8) is 0 Å². The van der Waals surface area contributed by atoms with Gasteiger partial charge in [0.2, 0.25) is 5.91 Å². The van der Waals surface area contributed by atoms with Crippen LogP contribution in [0, 0.1) is 25.7 Å². The Morgan fingerprint density at radius 3 is 2.63 bits per heavy atom. The van der Waals surface area contributed by atoms with Gasteiger partial charge >= 0.3 is 0 Å². The summed E-state index contributed by atoms with van der Waals surface area (Å²) in [6.45, 7) is 5.60. The minimum atomic E-state index is -0.427. The number of hydrogen-bond acceptors (Lipinski definition) is 5. The number of fused-ring (bicyclic) bond motifs is 1. The minimum absolute atomic E-state index is 0.0375. The fourth-order valence-corrected chi connectivity index (χ4v) is 4.85. The van der Waals surface area contributed by atoms with E-state index >= 15 is 0 Å². The summed E-state index contributed by atoms with van der Waals surface area (Å²) in [5.74, 6) is 1.01. The first kappa shape index (κ1) is 18.2. The lowest BCUT2D eigenvalue weighted by molar-refractivity contribution is -0.130. The van der Waals surface area contributed by atoms with Crippen molar-refractivity contribution in [1.82, 2.24) is 29.4 Å². The standard InChI is InChI=1S/C19H28N6O2/c1-12-16(13(2)23(3)22-12)4-5-19(27)24-8-14-6-17(25-11-20-10-21-25)18(26)7-15(14)9-24/h10-11,14-15,17-18,26H,4-9H2,1-3H3/t14-,15+,17-,18-/m1/s1. The maximum absolute atomic E-state index is 12.8. The van der Waals surface area contributed by atoms with Crippen molar-refractivity contribution in [3.05, 3.63) is 29.6 Å². The van der Waals surface area contributed by atoms with Crippen molar-refractivity contribution in [2.24, 2.45) is 18.9 Å². The van der Waals surface area contributed by atoms with Gasteiger partial charge in [-0.15, -0.1) is 0 Å². The molecule has 0 unspecified atom stereocenters. The number of nitrogens with zero attached hydrogens (tertiary/aromatic N) is 6. The van der Waals surface area contributed by atoms with Crippen LogP contribution in [0.5, 0.6) is 0 Å². The third kappa shape index (κ3) is 3.38. The molecule has 4 atom stereocenters. The van der Waals surface area contributed by atoms with Gasteiger partial charge in [0.05, 0.1) is 17.8 Å². The highest BCUT2D eigenvalue weighted by Gasteiger charge is 2.43. The first-order valence-electron chi connectivity index (χ1n) is 9.73. The summed E-state index contributed by atoms with van der Waals surface area (Å²) < 4.78 is 3.64. The molecule has 0 radical (unpaired) electrons. The highest BCUT2D eigenvalue weighted by molar-refractivity contribution is 5.76. The van der Waals surface area contributed by atoms with Crippen LogP contribution in [-0.2, 0) is 18.3 Å². The molecule has 8 nitrogen and oxygen atoms in total. The molecule has 4 rings (SSSR count). The van der Waals surface area contributed by atoms with Crippen molar-refractivity contribution in [1.29, 1.82) is 0 Å². The normalized spacial score (nSPS) is 27.8. The molecule has 8 heteroatoms. The smallest absolute Gasteiger partial charge is 0.222 e. The average molecular weight is 372 g/mol. The van der Waals surface area contributed by atoms with E-state index < -0.39 is 6.10 Å². The maximum Gasteiger partial charge on any atom is 0.222 e. The summed E-state index contributed by atoms with van der Waals surface area (Å²) in [7, 11) is 1.94. The van der Waals surface area contributed by atoms with Gasteiger partial charge in [0.1, 0.15) is 12.7 Å². The second kappa shape index (κ2) is 7.07. The summed E-state index contributed by atoms with van der Waals surface area (Å²) in [5, 5.41) is 19.2. The molecular formula is C19H28N6O2. The molecule has 2 aromatic rings. The van der Waals surface area contributed by atoms with Crippen molar-refractivity contribution >= 4 is 5.91 Å². The molecule has 1 saturated carbocycles. The molecule has 1 aliphatic carbocycles. The molecule has 2 aliphatic rings. The van der Waals surface area contributed by atoms with Gasteiger partial charge in [0.25, 0.3) is 0 Å². The molecule has 0 spiro atoms. The van der Waals surface area contributed by atoms with Crippen molar-refractivity contribution in [2.75, 3.05) is 13.1 Å². The van der Waals surface area contributed by atoms with Crippen LogP contribution in [0.4, 0.5) is 0 Å². The molecule has 2 fully saturated rings. The Labute approximate surface area is 159 Å². The zero-order valence-electron chi connectivity index (χ0n) is 16.2. The zero-order valence-corrected chi connectivity index (χ0v) is 16.2. The van der Waals surface area contributed by atoms with E-state index in [1.807, 2.05) is 23.6 Å². The summed E-state index contributed by atoms with van der Waals surface area (Å²) >= 11 is 0. The number of aromatic nitrogens is 5. The van der Waals surface area contributed by atoms with Crippen LogP contribution in [0.1, 0.15) is 42.3 Å². The number of carbonyl (C=O) groups is 1. The fraction of sp³-hybridized carbons (Fsp3) is 0.684. The van der Waals surface area contributed by atoms with E-state index in [-0.39, 0.29) is 11.9 Å². The monoisotopic (exact) mass is 372 g/mol. The van der Waals surface area contributed by atoms with E-state index in [0.717, 1.165) is 43.7 Å². The largest absolute Gasteiger partial charge is 0.391 e. The molecule has 1 N–H and O–H groups in total. The van der Waals surface area contributed by atoms with Crippen LogP contribution >= 0.6 is 0 Å². The van der Waals surface area contributed by atoms with Crippen LogP contribution in [0.3, 0.4) is 0 Å². The maximum atomic E-state index is 12.8. The number of aliphatic hydroxyl groups excluding tert-OH is 1. The highest BCUT2D eigenvalue weighted by atomic mass is 16.3. The molecule has 1 saturated heterocycles. The Bertz CT molecular complexity index is 815. The molecular weight excluding hydrogens is 344 g/mol. The van der Waals surface area contributed by atoms with Crippen molar-refractivity contribution in [3.8, 4) is 0 Å². The van der Waals surface area contributed by atoms with Crippen molar-refractivity contribution < 1.29 is 9.90 Å². The van der Waals surface area contributed by atoms with E-state index in [1.54, 1.807) is 11.0 Å². The Balaban J connectivity index is 1.37. The Morgan fingerprint density at radius 1 is 1.26 bits per heavy atom. The van der Waals surface area contributed by atoms with Gasteiger partial charge in [-0.3, -0.25) is 9.48 Å². The Morgan fingerprint density at radius 2 is 2.00 bits per heavy atom. The third-order valence-electron chi connectivity index (χ3n) is 6.49. The first-order valence-corrected chi connectivity index (χ1v) is 9.73. The SMILES string of the molecule is Cc1nn(C)c(C)c1CCC(=O)N1C[C@H]2C[C@@H](n3cncn3)[C@H](O)C[C@H]2C1. The second-order valence-corrected chi connectivity index (χ2v) is 8.07. The molecule has 1 aliphatic heterocycles.